The molecule has 0 atom stereocenters. The molecule has 1 aromatic heterocycles. The van der Waals surface area contributed by atoms with Crippen LogP contribution in [0.4, 0.5) is 13.2 Å². The molecule has 0 saturated carbocycles. The zero-order chi connectivity index (χ0) is 12.5. The van der Waals surface area contributed by atoms with Gasteiger partial charge in [0.25, 0.3) is 0 Å². The predicted octanol–water partition coefficient (Wildman–Crippen LogP) is 2.91. The van der Waals surface area contributed by atoms with Crippen molar-refractivity contribution in [1.82, 2.24) is 4.98 Å². The van der Waals surface area contributed by atoms with E-state index >= 15 is 0 Å². The van der Waals surface area contributed by atoms with Gasteiger partial charge in [0.15, 0.2) is 0 Å². The number of ether oxygens (including phenoxy) is 1. The van der Waals surface area contributed by atoms with Crippen LogP contribution in [0.5, 0.6) is 0 Å². The van der Waals surface area contributed by atoms with E-state index in [1.807, 2.05) is 0 Å². The smallest absolute Gasteiger partial charge is 0.369 e. The van der Waals surface area contributed by atoms with Crippen LogP contribution in [0.25, 0.3) is 10.9 Å². The molecule has 88 valence electrons. The predicted molar refractivity (Wildman–Crippen MR) is 53.2 cm³/mol. The Kier molecular flexibility index (Phi) is 2.71. The van der Waals surface area contributed by atoms with Crippen molar-refractivity contribution < 1.29 is 22.7 Å². The van der Waals surface area contributed by atoms with Crippen molar-refractivity contribution in [2.75, 3.05) is 0 Å². The highest BCUT2D eigenvalue weighted by atomic mass is 19.4. The maximum absolute atomic E-state index is 11.9. The van der Waals surface area contributed by atoms with Crippen LogP contribution < -0.4 is 0 Å². The lowest BCUT2D eigenvalue weighted by molar-refractivity contribution is -0.291. The number of hydrogen-bond donors (Lipinski definition) is 0. The van der Waals surface area contributed by atoms with Gasteiger partial charge in [0.2, 0.25) is 0 Å². The normalized spacial score (nSPS) is 11.5. The summed E-state index contributed by atoms with van der Waals surface area (Å²) < 4.78 is 39.1. The number of fused-ring (bicyclic) bond motifs is 1. The first-order valence-electron chi connectivity index (χ1n) is 4.61. The Morgan fingerprint density at radius 3 is 2.59 bits per heavy atom. The molecule has 0 aliphatic rings. The fourth-order valence-corrected chi connectivity index (χ4v) is 1.43. The molecule has 0 radical (unpaired) electrons. The van der Waals surface area contributed by atoms with E-state index in [1.54, 1.807) is 18.2 Å². The molecule has 1 aromatic carbocycles. The largest absolute Gasteiger partial charge is 0.575 e. The number of aromatic nitrogens is 1. The van der Waals surface area contributed by atoms with Crippen molar-refractivity contribution in [2.24, 2.45) is 0 Å². The number of pyridine rings is 1. The highest BCUT2D eigenvalue weighted by molar-refractivity contribution is 6.02. The van der Waals surface area contributed by atoms with Gasteiger partial charge in [-0.2, -0.15) is 0 Å². The molecular formula is C11H6F3NO2. The van der Waals surface area contributed by atoms with E-state index < -0.39 is 12.3 Å². The summed E-state index contributed by atoms with van der Waals surface area (Å²) in [5.41, 5.74) is -0.0234. The number of benzene rings is 1. The fourth-order valence-electron chi connectivity index (χ4n) is 1.43. The number of alkyl halides is 3. The summed E-state index contributed by atoms with van der Waals surface area (Å²) in [6.07, 6.45) is -3.60. The van der Waals surface area contributed by atoms with Crippen molar-refractivity contribution in [2.45, 2.75) is 6.36 Å². The van der Waals surface area contributed by atoms with Gasteiger partial charge in [-0.1, -0.05) is 18.2 Å². The zero-order valence-electron chi connectivity index (χ0n) is 8.36. The molecule has 17 heavy (non-hydrogen) atoms. The summed E-state index contributed by atoms with van der Waals surface area (Å²) in [6, 6.07) is 7.63. The molecule has 2 aromatic rings. The maximum atomic E-state index is 11.9. The van der Waals surface area contributed by atoms with Gasteiger partial charge in [-0.05, 0) is 12.1 Å². The summed E-state index contributed by atoms with van der Waals surface area (Å²) >= 11 is 0. The van der Waals surface area contributed by atoms with Crippen molar-refractivity contribution in [3.63, 3.8) is 0 Å². The minimum Gasteiger partial charge on any atom is -0.369 e. The van der Waals surface area contributed by atoms with E-state index in [4.69, 9.17) is 0 Å². The van der Waals surface area contributed by atoms with E-state index in [1.165, 1.54) is 18.3 Å². The third kappa shape index (κ3) is 2.52. The summed E-state index contributed by atoms with van der Waals surface area (Å²) in [5.74, 6) is -1.46. The maximum Gasteiger partial charge on any atom is 0.575 e. The van der Waals surface area contributed by atoms with E-state index in [9.17, 15) is 18.0 Å². The highest BCUT2D eigenvalue weighted by Gasteiger charge is 2.34. The zero-order valence-corrected chi connectivity index (χ0v) is 8.36. The second-order valence-corrected chi connectivity index (χ2v) is 3.22. The molecule has 0 fully saturated rings. The molecule has 3 nitrogen and oxygen atoms in total. The molecule has 0 saturated heterocycles. The lowest BCUT2D eigenvalue weighted by Gasteiger charge is -2.08. The van der Waals surface area contributed by atoms with Crippen molar-refractivity contribution in [3.05, 3.63) is 42.1 Å². The number of rotatable bonds is 1. The van der Waals surface area contributed by atoms with Crippen molar-refractivity contribution in [1.29, 1.82) is 0 Å². The third-order valence-electron chi connectivity index (χ3n) is 2.06. The SMILES string of the molecule is O=C(OC(F)(F)F)c1cccc2cccnc12. The molecular weight excluding hydrogens is 235 g/mol. The standard InChI is InChI=1S/C11H6F3NO2/c12-11(13,14)17-10(16)8-5-1-3-7-4-2-6-15-9(7)8/h1-6H. The van der Waals surface area contributed by atoms with Gasteiger partial charge in [-0.15, -0.1) is 13.2 Å². The second kappa shape index (κ2) is 4.04. The van der Waals surface area contributed by atoms with Gasteiger partial charge in [0, 0.05) is 11.6 Å². The molecule has 0 aliphatic carbocycles. The molecule has 0 spiro atoms. The lowest BCUT2D eigenvalue weighted by Crippen LogP contribution is -2.19. The molecule has 6 heteroatoms. The van der Waals surface area contributed by atoms with Gasteiger partial charge >= 0.3 is 12.3 Å². The minimum atomic E-state index is -4.99. The monoisotopic (exact) mass is 241 g/mol. The Labute approximate surface area is 93.8 Å². The molecule has 1 heterocycles. The van der Waals surface area contributed by atoms with Crippen LogP contribution in [-0.2, 0) is 4.74 Å². The number of esters is 1. The Hall–Kier alpha value is -2.11. The molecule has 0 bridgehead atoms. The number of halogens is 3. The quantitative estimate of drug-likeness (QED) is 0.720. The number of nitrogens with zero attached hydrogens (tertiary/aromatic N) is 1. The summed E-state index contributed by atoms with van der Waals surface area (Å²) in [7, 11) is 0. The first kappa shape index (κ1) is 11.4. The van der Waals surface area contributed by atoms with Crippen LogP contribution in [-0.4, -0.2) is 17.3 Å². The molecule has 0 N–H and O–H groups in total. The van der Waals surface area contributed by atoms with Crippen LogP contribution in [0.1, 0.15) is 10.4 Å². The summed E-state index contributed by atoms with van der Waals surface area (Å²) in [4.78, 5) is 15.2. The van der Waals surface area contributed by atoms with Crippen molar-refractivity contribution in [3.8, 4) is 0 Å². The Bertz CT molecular complexity index is 561. The average molecular weight is 241 g/mol. The minimum absolute atomic E-state index is 0.184. The Balaban J connectivity index is 2.45. The van der Waals surface area contributed by atoms with Gasteiger partial charge in [-0.25, -0.2) is 4.79 Å². The van der Waals surface area contributed by atoms with Gasteiger partial charge < -0.3 is 4.74 Å². The Morgan fingerprint density at radius 2 is 1.88 bits per heavy atom. The van der Waals surface area contributed by atoms with E-state index in [-0.39, 0.29) is 11.1 Å². The summed E-state index contributed by atoms with van der Waals surface area (Å²) in [5, 5.41) is 0.573. The van der Waals surface area contributed by atoms with Gasteiger partial charge in [-0.3, -0.25) is 4.98 Å². The van der Waals surface area contributed by atoms with Crippen LogP contribution in [0.15, 0.2) is 36.5 Å². The average Bonchev–Trinajstić information content (AvgIpc) is 2.26. The van der Waals surface area contributed by atoms with Crippen LogP contribution in [0.2, 0.25) is 0 Å². The number of hydrogen-bond acceptors (Lipinski definition) is 3. The summed E-state index contributed by atoms with van der Waals surface area (Å²) in [6.45, 7) is 0. The molecule has 0 aliphatic heterocycles. The van der Waals surface area contributed by atoms with Gasteiger partial charge in [0.05, 0.1) is 11.1 Å². The van der Waals surface area contributed by atoms with Crippen LogP contribution in [0.3, 0.4) is 0 Å². The highest BCUT2D eigenvalue weighted by Crippen LogP contribution is 2.22. The Morgan fingerprint density at radius 1 is 1.18 bits per heavy atom. The topological polar surface area (TPSA) is 39.2 Å². The number of carbonyl (C=O) groups excluding carboxylic acids is 1. The number of carbonyl (C=O) groups is 1. The molecule has 0 unspecified atom stereocenters. The first-order chi connectivity index (χ1) is 7.97. The van der Waals surface area contributed by atoms with Crippen molar-refractivity contribution >= 4 is 16.9 Å². The first-order valence-corrected chi connectivity index (χ1v) is 4.61. The van der Waals surface area contributed by atoms with Gasteiger partial charge in [0.1, 0.15) is 0 Å². The third-order valence-corrected chi connectivity index (χ3v) is 2.06. The van der Waals surface area contributed by atoms with E-state index in [0.29, 0.717) is 5.39 Å². The molecule has 2 rings (SSSR count). The lowest BCUT2D eigenvalue weighted by atomic mass is 10.1. The molecule has 0 amide bonds. The van der Waals surface area contributed by atoms with E-state index in [0.717, 1.165) is 0 Å². The van der Waals surface area contributed by atoms with E-state index in [2.05, 4.69) is 9.72 Å². The fraction of sp³-hybridized carbons (Fsp3) is 0.0909. The second-order valence-electron chi connectivity index (χ2n) is 3.22. The van der Waals surface area contributed by atoms with Crippen LogP contribution in [0, 0.1) is 0 Å². The van der Waals surface area contributed by atoms with Crippen LogP contribution >= 0.6 is 0 Å². The number of para-hydroxylation sites is 1.